The molecule has 4 nitrogen and oxygen atoms in total. The van der Waals surface area contributed by atoms with Crippen LogP contribution in [-0.4, -0.2) is 23.1 Å². The largest absolute Gasteiger partial charge is 0.457 e. The van der Waals surface area contributed by atoms with Crippen LogP contribution in [0.3, 0.4) is 0 Å². The zero-order chi connectivity index (χ0) is 13.7. The van der Waals surface area contributed by atoms with Crippen molar-refractivity contribution in [3.8, 4) is 0 Å². The molecule has 0 N–H and O–H groups in total. The number of rotatable bonds is 5. The molecule has 0 aliphatic rings. The van der Waals surface area contributed by atoms with Gasteiger partial charge in [-0.25, -0.2) is 4.79 Å². The van der Waals surface area contributed by atoms with E-state index in [1.165, 1.54) is 13.8 Å². The van der Waals surface area contributed by atoms with Crippen LogP contribution in [0.5, 0.6) is 0 Å². The average molecular weight is 242 g/mol. The van der Waals surface area contributed by atoms with Gasteiger partial charge in [0, 0.05) is 6.42 Å². The number of hydrogen-bond donors (Lipinski definition) is 0. The number of ether oxygens (including phenoxy) is 2. The van der Waals surface area contributed by atoms with Crippen LogP contribution in [-0.2, 0) is 19.1 Å². The van der Waals surface area contributed by atoms with E-state index in [4.69, 9.17) is 9.47 Å². The zero-order valence-electron chi connectivity index (χ0n) is 11.3. The van der Waals surface area contributed by atoms with E-state index in [1.54, 1.807) is 26.8 Å². The fourth-order valence-electron chi connectivity index (χ4n) is 0.998. The molecule has 0 saturated heterocycles. The molecule has 0 amide bonds. The van der Waals surface area contributed by atoms with Gasteiger partial charge in [-0.05, 0) is 41.0 Å². The first-order valence-electron chi connectivity index (χ1n) is 5.64. The maximum Gasteiger partial charge on any atom is 0.350 e. The maximum absolute atomic E-state index is 11.8. The third-order valence-electron chi connectivity index (χ3n) is 1.81. The average Bonchev–Trinajstić information content (AvgIpc) is 2.11. The molecule has 0 atom stereocenters. The number of esters is 2. The van der Waals surface area contributed by atoms with Crippen LogP contribution >= 0.6 is 0 Å². The number of carbonyl (C=O) groups excluding carboxylic acids is 2. The molecule has 0 bridgehead atoms. The summed E-state index contributed by atoms with van der Waals surface area (Å²) < 4.78 is 10.3. The SMILES string of the molecule is C=CCCC(=O)OC(C)(C)C(=O)OC(C)(C)C. The first kappa shape index (κ1) is 15.7. The first-order chi connectivity index (χ1) is 7.58. The van der Waals surface area contributed by atoms with Crippen LogP contribution in [0.1, 0.15) is 47.5 Å². The van der Waals surface area contributed by atoms with Crippen molar-refractivity contribution in [3.63, 3.8) is 0 Å². The third-order valence-corrected chi connectivity index (χ3v) is 1.81. The lowest BCUT2D eigenvalue weighted by molar-refractivity contribution is -0.186. The monoisotopic (exact) mass is 242 g/mol. The fraction of sp³-hybridized carbons (Fsp3) is 0.692. The Kier molecular flexibility index (Phi) is 5.39. The topological polar surface area (TPSA) is 52.6 Å². The van der Waals surface area contributed by atoms with Crippen LogP contribution in [0.25, 0.3) is 0 Å². The summed E-state index contributed by atoms with van der Waals surface area (Å²) in [4.78, 5) is 23.2. The number of carbonyl (C=O) groups is 2. The van der Waals surface area contributed by atoms with Crippen molar-refractivity contribution in [2.24, 2.45) is 0 Å². The van der Waals surface area contributed by atoms with Crippen molar-refractivity contribution in [3.05, 3.63) is 12.7 Å². The van der Waals surface area contributed by atoms with Gasteiger partial charge in [0.1, 0.15) is 5.60 Å². The van der Waals surface area contributed by atoms with Crippen molar-refractivity contribution in [2.45, 2.75) is 58.7 Å². The lowest BCUT2D eigenvalue weighted by atomic mass is 10.1. The Balaban J connectivity index is 4.41. The quantitative estimate of drug-likeness (QED) is 0.549. The van der Waals surface area contributed by atoms with E-state index in [0.29, 0.717) is 6.42 Å². The minimum Gasteiger partial charge on any atom is -0.457 e. The summed E-state index contributed by atoms with van der Waals surface area (Å²) in [5.74, 6) is -0.974. The molecule has 0 aromatic heterocycles. The maximum atomic E-state index is 11.8. The van der Waals surface area contributed by atoms with Gasteiger partial charge in [0.2, 0.25) is 5.60 Å². The molecule has 0 unspecified atom stereocenters. The van der Waals surface area contributed by atoms with E-state index in [0.717, 1.165) is 0 Å². The molecule has 0 aliphatic heterocycles. The Bertz CT molecular complexity index is 297. The Hall–Kier alpha value is -1.32. The van der Waals surface area contributed by atoms with Gasteiger partial charge < -0.3 is 9.47 Å². The molecule has 0 fully saturated rings. The summed E-state index contributed by atoms with van der Waals surface area (Å²) in [7, 11) is 0. The summed E-state index contributed by atoms with van der Waals surface area (Å²) in [5, 5.41) is 0. The summed E-state index contributed by atoms with van der Waals surface area (Å²) in [6.45, 7) is 11.8. The second-order valence-electron chi connectivity index (χ2n) is 5.31. The fourth-order valence-corrected chi connectivity index (χ4v) is 0.998. The lowest BCUT2D eigenvalue weighted by Crippen LogP contribution is -2.42. The highest BCUT2D eigenvalue weighted by atomic mass is 16.6. The van der Waals surface area contributed by atoms with E-state index in [-0.39, 0.29) is 6.42 Å². The highest BCUT2D eigenvalue weighted by Crippen LogP contribution is 2.18. The molecule has 0 aromatic carbocycles. The van der Waals surface area contributed by atoms with Gasteiger partial charge >= 0.3 is 11.9 Å². The highest BCUT2D eigenvalue weighted by molar-refractivity contribution is 5.82. The van der Waals surface area contributed by atoms with Crippen LogP contribution in [0.2, 0.25) is 0 Å². The zero-order valence-corrected chi connectivity index (χ0v) is 11.3. The predicted octanol–water partition coefficient (Wildman–Crippen LogP) is 2.62. The van der Waals surface area contributed by atoms with E-state index < -0.39 is 23.1 Å². The molecule has 0 aliphatic carbocycles. The van der Waals surface area contributed by atoms with Crippen molar-refractivity contribution in [1.29, 1.82) is 0 Å². The second kappa shape index (κ2) is 5.84. The molecular weight excluding hydrogens is 220 g/mol. The van der Waals surface area contributed by atoms with Crippen molar-refractivity contribution >= 4 is 11.9 Å². The van der Waals surface area contributed by atoms with Crippen LogP contribution in [0, 0.1) is 0 Å². The van der Waals surface area contributed by atoms with Gasteiger partial charge in [-0.2, -0.15) is 0 Å². The Morgan fingerprint density at radius 1 is 1.12 bits per heavy atom. The molecule has 0 spiro atoms. The normalized spacial score (nSPS) is 11.8. The summed E-state index contributed by atoms with van der Waals surface area (Å²) in [6, 6.07) is 0. The molecule has 4 heteroatoms. The summed E-state index contributed by atoms with van der Waals surface area (Å²) in [5.41, 5.74) is -1.85. The minimum atomic E-state index is -1.26. The molecular formula is C13H22O4. The van der Waals surface area contributed by atoms with Crippen molar-refractivity contribution in [2.75, 3.05) is 0 Å². The Morgan fingerprint density at radius 3 is 2.06 bits per heavy atom. The predicted molar refractivity (Wildman–Crippen MR) is 65.4 cm³/mol. The Morgan fingerprint density at radius 2 is 1.65 bits per heavy atom. The van der Waals surface area contributed by atoms with Crippen LogP contribution in [0.4, 0.5) is 0 Å². The highest BCUT2D eigenvalue weighted by Gasteiger charge is 2.36. The molecule has 0 rings (SSSR count). The molecule has 0 radical (unpaired) electrons. The van der Waals surface area contributed by atoms with Gasteiger partial charge in [-0.3, -0.25) is 4.79 Å². The van der Waals surface area contributed by atoms with E-state index in [9.17, 15) is 9.59 Å². The molecule has 17 heavy (non-hydrogen) atoms. The van der Waals surface area contributed by atoms with Gasteiger partial charge in [-0.1, -0.05) is 6.08 Å². The second-order valence-corrected chi connectivity index (χ2v) is 5.31. The molecule has 98 valence electrons. The van der Waals surface area contributed by atoms with Gasteiger partial charge in [0.25, 0.3) is 0 Å². The standard InChI is InChI=1S/C13H22O4/c1-7-8-9-10(14)16-13(5,6)11(15)17-12(2,3)4/h7H,1,8-9H2,2-6H3. The molecule has 0 saturated carbocycles. The van der Waals surface area contributed by atoms with Crippen molar-refractivity contribution < 1.29 is 19.1 Å². The van der Waals surface area contributed by atoms with Crippen LogP contribution in [0.15, 0.2) is 12.7 Å². The Labute approximate surface area is 103 Å². The lowest BCUT2D eigenvalue weighted by Gasteiger charge is -2.28. The summed E-state index contributed by atoms with van der Waals surface area (Å²) in [6.07, 6.45) is 2.38. The van der Waals surface area contributed by atoms with Gasteiger partial charge in [-0.15, -0.1) is 6.58 Å². The molecule has 0 aromatic rings. The van der Waals surface area contributed by atoms with E-state index in [2.05, 4.69) is 6.58 Å². The van der Waals surface area contributed by atoms with Gasteiger partial charge in [0.05, 0.1) is 0 Å². The van der Waals surface area contributed by atoms with Gasteiger partial charge in [0.15, 0.2) is 0 Å². The number of hydrogen-bond acceptors (Lipinski definition) is 4. The molecule has 0 heterocycles. The van der Waals surface area contributed by atoms with E-state index >= 15 is 0 Å². The first-order valence-corrected chi connectivity index (χ1v) is 5.64. The third kappa shape index (κ3) is 6.76. The minimum absolute atomic E-state index is 0.218. The summed E-state index contributed by atoms with van der Waals surface area (Å²) >= 11 is 0. The smallest absolute Gasteiger partial charge is 0.350 e. The van der Waals surface area contributed by atoms with Crippen LogP contribution < -0.4 is 0 Å². The number of allylic oxidation sites excluding steroid dienone is 1. The van der Waals surface area contributed by atoms with Crippen molar-refractivity contribution in [1.82, 2.24) is 0 Å². The van der Waals surface area contributed by atoms with E-state index in [1.807, 2.05) is 0 Å².